The molecule has 0 unspecified atom stereocenters. The first-order valence-corrected chi connectivity index (χ1v) is 7.17. The summed E-state index contributed by atoms with van der Waals surface area (Å²) in [5.41, 5.74) is 0. The molecule has 0 saturated carbocycles. The summed E-state index contributed by atoms with van der Waals surface area (Å²) in [4.78, 5) is 5.41. The van der Waals surface area contributed by atoms with E-state index in [-0.39, 0.29) is 0 Å². The summed E-state index contributed by atoms with van der Waals surface area (Å²) in [6.07, 6.45) is 1.65. The van der Waals surface area contributed by atoms with Crippen molar-refractivity contribution < 1.29 is 0 Å². The van der Waals surface area contributed by atoms with Gasteiger partial charge >= 0.3 is 0 Å². The predicted molar refractivity (Wildman–Crippen MR) is 75.2 cm³/mol. The van der Waals surface area contributed by atoms with Crippen LogP contribution in [0.3, 0.4) is 0 Å². The van der Waals surface area contributed by atoms with Gasteiger partial charge in [-0.05, 0) is 46.3 Å². The van der Waals surface area contributed by atoms with E-state index >= 15 is 0 Å². The Balaban J connectivity index is 2.23. The van der Waals surface area contributed by atoms with Crippen molar-refractivity contribution in [1.29, 1.82) is 0 Å². The molecule has 16 heavy (non-hydrogen) atoms. The van der Waals surface area contributed by atoms with Crippen LogP contribution in [-0.2, 0) is 0 Å². The summed E-state index contributed by atoms with van der Waals surface area (Å²) in [5, 5.41) is 1.54. The second-order valence-electron chi connectivity index (χ2n) is 3.00. The second-order valence-corrected chi connectivity index (χ2v) is 6.27. The van der Waals surface area contributed by atoms with Gasteiger partial charge in [0.15, 0.2) is 0 Å². The Morgan fingerprint density at radius 3 is 2.44 bits per heavy atom. The Kier molecular flexibility index (Phi) is 4.30. The molecule has 82 valence electrons. The molecule has 0 aliphatic carbocycles. The minimum absolute atomic E-state index is 0.632. The van der Waals surface area contributed by atoms with Gasteiger partial charge in [0.2, 0.25) is 0 Å². The zero-order valence-electron chi connectivity index (χ0n) is 7.95. The summed E-state index contributed by atoms with van der Waals surface area (Å²) in [6, 6.07) is 9.93. The van der Waals surface area contributed by atoms with Gasteiger partial charge in [0, 0.05) is 15.6 Å². The topological polar surface area (TPSA) is 12.9 Å². The zero-order chi connectivity index (χ0) is 11.5. The van der Waals surface area contributed by atoms with Gasteiger partial charge in [-0.3, -0.25) is 0 Å². The van der Waals surface area contributed by atoms with Gasteiger partial charge < -0.3 is 0 Å². The SMILES string of the molecule is Clc1cnc(Sc2ccc(Br)cc2)c(Br)c1. The normalized spacial score (nSPS) is 10.4. The van der Waals surface area contributed by atoms with Crippen molar-refractivity contribution in [2.45, 2.75) is 9.92 Å². The molecule has 0 N–H and O–H groups in total. The van der Waals surface area contributed by atoms with Crippen molar-refractivity contribution in [3.05, 3.63) is 50.5 Å². The van der Waals surface area contributed by atoms with E-state index < -0.39 is 0 Å². The van der Waals surface area contributed by atoms with Crippen LogP contribution in [0, 0.1) is 0 Å². The smallest absolute Gasteiger partial charge is 0.115 e. The first-order valence-electron chi connectivity index (χ1n) is 4.39. The average molecular weight is 380 g/mol. The number of hydrogen-bond acceptors (Lipinski definition) is 2. The van der Waals surface area contributed by atoms with Gasteiger partial charge in [-0.1, -0.05) is 39.3 Å². The van der Waals surface area contributed by atoms with Crippen LogP contribution in [0.5, 0.6) is 0 Å². The standard InChI is InChI=1S/C11H6Br2ClNS/c12-7-1-3-9(4-2-7)16-11-10(13)5-8(14)6-15-11/h1-6H. The highest BCUT2D eigenvalue weighted by atomic mass is 79.9. The molecule has 1 nitrogen and oxygen atoms in total. The van der Waals surface area contributed by atoms with Gasteiger partial charge in [0.1, 0.15) is 5.03 Å². The highest BCUT2D eigenvalue weighted by Gasteiger charge is 2.04. The van der Waals surface area contributed by atoms with Gasteiger partial charge in [-0.2, -0.15) is 0 Å². The molecule has 2 aromatic rings. The molecule has 0 amide bonds. The third-order valence-corrected chi connectivity index (χ3v) is 4.43. The van der Waals surface area contributed by atoms with E-state index in [0.29, 0.717) is 5.02 Å². The number of pyridine rings is 1. The van der Waals surface area contributed by atoms with Crippen molar-refractivity contribution in [3.63, 3.8) is 0 Å². The predicted octanol–water partition coefficient (Wildman–Crippen LogP) is 5.41. The summed E-state index contributed by atoms with van der Waals surface area (Å²) < 4.78 is 1.98. The molecule has 2 rings (SSSR count). The van der Waals surface area contributed by atoms with Crippen LogP contribution in [0.15, 0.2) is 55.4 Å². The molecule has 0 fully saturated rings. The summed E-state index contributed by atoms with van der Waals surface area (Å²) >= 11 is 14.3. The van der Waals surface area contributed by atoms with Gasteiger partial charge in [0.05, 0.1) is 9.50 Å². The summed E-state index contributed by atoms with van der Waals surface area (Å²) in [7, 11) is 0. The number of rotatable bonds is 2. The van der Waals surface area contributed by atoms with Crippen molar-refractivity contribution in [2.75, 3.05) is 0 Å². The monoisotopic (exact) mass is 377 g/mol. The van der Waals surface area contributed by atoms with Gasteiger partial charge in [-0.25, -0.2) is 4.98 Å². The maximum atomic E-state index is 5.83. The molecule has 0 bridgehead atoms. The molecule has 0 atom stereocenters. The molecule has 0 saturated heterocycles. The van der Waals surface area contributed by atoms with Crippen LogP contribution in [0.25, 0.3) is 0 Å². The van der Waals surface area contributed by atoms with Crippen LogP contribution in [0.1, 0.15) is 0 Å². The summed E-state index contributed by atoms with van der Waals surface area (Å²) in [6.45, 7) is 0. The molecular formula is C11H6Br2ClNS. The highest BCUT2D eigenvalue weighted by Crippen LogP contribution is 2.33. The Morgan fingerprint density at radius 1 is 1.12 bits per heavy atom. The maximum absolute atomic E-state index is 5.83. The molecule has 0 radical (unpaired) electrons. The second kappa shape index (κ2) is 5.54. The lowest BCUT2D eigenvalue weighted by Crippen LogP contribution is -1.81. The van der Waals surface area contributed by atoms with E-state index in [9.17, 15) is 0 Å². The van der Waals surface area contributed by atoms with Crippen molar-refractivity contribution in [1.82, 2.24) is 4.98 Å². The third-order valence-electron chi connectivity index (χ3n) is 1.80. The van der Waals surface area contributed by atoms with E-state index in [1.807, 2.05) is 30.3 Å². The lowest BCUT2D eigenvalue weighted by atomic mass is 10.4. The van der Waals surface area contributed by atoms with E-state index in [0.717, 1.165) is 18.9 Å². The van der Waals surface area contributed by atoms with E-state index in [1.54, 1.807) is 18.0 Å². The molecule has 0 spiro atoms. The molecular weight excluding hydrogens is 373 g/mol. The largest absolute Gasteiger partial charge is 0.247 e. The van der Waals surface area contributed by atoms with Crippen LogP contribution >= 0.6 is 55.2 Å². The Labute approximate surface area is 120 Å². The van der Waals surface area contributed by atoms with Crippen molar-refractivity contribution in [3.8, 4) is 0 Å². The van der Waals surface area contributed by atoms with Crippen LogP contribution in [0.4, 0.5) is 0 Å². The summed E-state index contributed by atoms with van der Waals surface area (Å²) in [5.74, 6) is 0. The molecule has 0 aliphatic heterocycles. The number of aromatic nitrogens is 1. The van der Waals surface area contributed by atoms with Crippen LogP contribution in [-0.4, -0.2) is 4.98 Å². The third kappa shape index (κ3) is 3.23. The lowest BCUT2D eigenvalue weighted by Gasteiger charge is -2.03. The Morgan fingerprint density at radius 2 is 1.81 bits per heavy atom. The fraction of sp³-hybridized carbons (Fsp3) is 0. The highest BCUT2D eigenvalue weighted by molar-refractivity contribution is 9.10. The average Bonchev–Trinajstić information content (AvgIpc) is 2.25. The quantitative estimate of drug-likeness (QED) is 0.692. The fourth-order valence-corrected chi connectivity index (χ4v) is 2.99. The number of hydrogen-bond donors (Lipinski definition) is 0. The van der Waals surface area contributed by atoms with Crippen molar-refractivity contribution in [2.24, 2.45) is 0 Å². The number of nitrogens with zero attached hydrogens (tertiary/aromatic N) is 1. The first-order chi connectivity index (χ1) is 7.65. The van der Waals surface area contributed by atoms with Crippen LogP contribution < -0.4 is 0 Å². The fourth-order valence-electron chi connectivity index (χ4n) is 1.09. The van der Waals surface area contributed by atoms with E-state index in [4.69, 9.17) is 11.6 Å². The van der Waals surface area contributed by atoms with Crippen molar-refractivity contribution >= 4 is 55.2 Å². The molecule has 5 heteroatoms. The minimum atomic E-state index is 0.632. The molecule has 1 aromatic heterocycles. The van der Waals surface area contributed by atoms with Crippen LogP contribution in [0.2, 0.25) is 5.02 Å². The number of halogens is 3. The molecule has 1 heterocycles. The minimum Gasteiger partial charge on any atom is -0.247 e. The molecule has 0 aliphatic rings. The van der Waals surface area contributed by atoms with E-state index in [1.165, 1.54) is 0 Å². The maximum Gasteiger partial charge on any atom is 0.115 e. The first kappa shape index (κ1) is 12.4. The zero-order valence-corrected chi connectivity index (χ0v) is 12.7. The Hall–Kier alpha value is -0.0300. The Bertz CT molecular complexity index is 502. The van der Waals surface area contributed by atoms with Gasteiger partial charge in [-0.15, -0.1) is 0 Å². The molecule has 1 aromatic carbocycles. The van der Waals surface area contributed by atoms with E-state index in [2.05, 4.69) is 36.8 Å². The lowest BCUT2D eigenvalue weighted by molar-refractivity contribution is 1.11. The number of benzene rings is 1. The van der Waals surface area contributed by atoms with Gasteiger partial charge in [0.25, 0.3) is 0 Å².